The molecule has 100 valence electrons. The number of aromatic nitrogens is 2. The number of aliphatic hydroxyl groups is 1. The van der Waals surface area contributed by atoms with Crippen molar-refractivity contribution >= 4 is 16.9 Å². The molecule has 1 aromatic carbocycles. The Hall–Kier alpha value is -1.82. The van der Waals surface area contributed by atoms with Crippen LogP contribution in [0.25, 0.3) is 11.0 Å². The van der Waals surface area contributed by atoms with Crippen molar-refractivity contribution in [3.05, 3.63) is 30.0 Å². The molecule has 1 aromatic heterocycles. The molecule has 4 nitrogen and oxygen atoms in total. The monoisotopic (exact) mass is 265 g/mol. The number of fused-ring (bicyclic) bond motifs is 1. The molecular formula is C13H13F2N3O. The van der Waals surface area contributed by atoms with Crippen LogP contribution in [0.3, 0.4) is 0 Å². The third-order valence-electron chi connectivity index (χ3n) is 3.35. The van der Waals surface area contributed by atoms with Gasteiger partial charge in [0.2, 0.25) is 0 Å². The summed E-state index contributed by atoms with van der Waals surface area (Å²) < 4.78 is 26.2. The van der Waals surface area contributed by atoms with Crippen LogP contribution in [0.5, 0.6) is 0 Å². The molecule has 3 rings (SSSR count). The van der Waals surface area contributed by atoms with E-state index in [0.717, 1.165) is 12.1 Å². The van der Waals surface area contributed by atoms with Crippen molar-refractivity contribution in [3.63, 3.8) is 0 Å². The van der Waals surface area contributed by atoms with Crippen molar-refractivity contribution in [2.45, 2.75) is 18.9 Å². The minimum atomic E-state index is -0.938. The molecule has 1 aliphatic heterocycles. The van der Waals surface area contributed by atoms with Crippen LogP contribution in [0.15, 0.2) is 18.3 Å². The first-order valence-electron chi connectivity index (χ1n) is 6.04. The predicted molar refractivity (Wildman–Crippen MR) is 66.9 cm³/mol. The van der Waals surface area contributed by atoms with Crippen molar-refractivity contribution < 1.29 is 13.9 Å². The Labute approximate surface area is 108 Å². The number of β-amino-alcohol motifs (C(OH)–C–C–N with tert-alkyl or cyclic N) is 1. The van der Waals surface area contributed by atoms with Crippen LogP contribution in [0.4, 0.5) is 14.6 Å². The van der Waals surface area contributed by atoms with Crippen molar-refractivity contribution in [1.29, 1.82) is 0 Å². The van der Waals surface area contributed by atoms with Gasteiger partial charge in [0.1, 0.15) is 5.82 Å². The Kier molecular flexibility index (Phi) is 2.63. The molecule has 19 heavy (non-hydrogen) atoms. The fraction of sp³-hybridized carbons (Fsp3) is 0.385. The minimum Gasteiger partial charge on any atom is -0.388 e. The first-order valence-corrected chi connectivity index (χ1v) is 6.04. The second kappa shape index (κ2) is 4.09. The maximum atomic E-state index is 13.2. The van der Waals surface area contributed by atoms with Crippen molar-refractivity contribution in [3.8, 4) is 0 Å². The van der Waals surface area contributed by atoms with Gasteiger partial charge in [-0.2, -0.15) is 0 Å². The number of halogens is 2. The zero-order valence-corrected chi connectivity index (χ0v) is 10.4. The first-order chi connectivity index (χ1) is 8.94. The Balaban J connectivity index is 2.00. The van der Waals surface area contributed by atoms with E-state index in [0.29, 0.717) is 36.4 Å². The molecule has 0 spiro atoms. The Morgan fingerprint density at radius 2 is 1.95 bits per heavy atom. The summed E-state index contributed by atoms with van der Waals surface area (Å²) in [5, 5.41) is 9.92. The van der Waals surface area contributed by atoms with Gasteiger partial charge in [0, 0.05) is 25.2 Å². The standard InChI is InChI=1S/C13H13F2N3O/c1-13(19)2-3-18(7-13)12-6-16-10-4-8(14)9(15)5-11(10)17-12/h4-6,19H,2-3,7H2,1H3. The molecule has 6 heteroatoms. The molecule has 2 aromatic rings. The highest BCUT2D eigenvalue weighted by Gasteiger charge is 2.32. The zero-order valence-electron chi connectivity index (χ0n) is 10.4. The lowest BCUT2D eigenvalue weighted by Crippen LogP contribution is -2.30. The fourth-order valence-electron chi connectivity index (χ4n) is 2.29. The molecule has 0 radical (unpaired) electrons. The van der Waals surface area contributed by atoms with Gasteiger partial charge in [-0.05, 0) is 13.3 Å². The highest BCUT2D eigenvalue weighted by Crippen LogP contribution is 2.26. The van der Waals surface area contributed by atoms with Gasteiger partial charge in [-0.25, -0.2) is 13.8 Å². The Morgan fingerprint density at radius 3 is 2.58 bits per heavy atom. The van der Waals surface area contributed by atoms with E-state index in [1.165, 1.54) is 6.20 Å². The third kappa shape index (κ3) is 2.23. The van der Waals surface area contributed by atoms with E-state index >= 15 is 0 Å². The molecule has 0 bridgehead atoms. The Bertz CT molecular complexity index is 645. The summed E-state index contributed by atoms with van der Waals surface area (Å²) in [6.07, 6.45) is 2.16. The van der Waals surface area contributed by atoms with Gasteiger partial charge in [0.15, 0.2) is 11.6 Å². The van der Waals surface area contributed by atoms with E-state index in [1.807, 2.05) is 4.90 Å². The van der Waals surface area contributed by atoms with E-state index < -0.39 is 17.2 Å². The van der Waals surface area contributed by atoms with Gasteiger partial charge in [0.05, 0.1) is 22.8 Å². The molecule has 2 heterocycles. The summed E-state index contributed by atoms with van der Waals surface area (Å²) in [5.41, 5.74) is -0.124. The molecule has 0 saturated carbocycles. The lowest BCUT2D eigenvalue weighted by molar-refractivity contribution is 0.0839. The van der Waals surface area contributed by atoms with E-state index in [2.05, 4.69) is 9.97 Å². The molecular weight excluding hydrogens is 252 g/mol. The summed E-state index contributed by atoms with van der Waals surface area (Å²) in [6.45, 7) is 2.88. The molecule has 1 N–H and O–H groups in total. The maximum Gasteiger partial charge on any atom is 0.161 e. The quantitative estimate of drug-likeness (QED) is 0.855. The van der Waals surface area contributed by atoms with Crippen LogP contribution in [0.2, 0.25) is 0 Å². The molecule has 1 atom stereocenters. The molecule has 1 saturated heterocycles. The van der Waals surface area contributed by atoms with E-state index in [1.54, 1.807) is 6.92 Å². The van der Waals surface area contributed by atoms with Crippen molar-refractivity contribution in [1.82, 2.24) is 9.97 Å². The molecule has 1 unspecified atom stereocenters. The van der Waals surface area contributed by atoms with Gasteiger partial charge in [-0.3, -0.25) is 4.98 Å². The molecule has 1 aliphatic rings. The SMILES string of the molecule is CC1(O)CCN(c2cnc3cc(F)c(F)cc3n2)C1. The molecule has 0 amide bonds. The maximum absolute atomic E-state index is 13.2. The van der Waals surface area contributed by atoms with Crippen LogP contribution in [-0.4, -0.2) is 33.8 Å². The van der Waals surface area contributed by atoms with Crippen LogP contribution in [0, 0.1) is 11.6 Å². The topological polar surface area (TPSA) is 49.2 Å². The van der Waals surface area contributed by atoms with Crippen molar-refractivity contribution in [2.75, 3.05) is 18.0 Å². The highest BCUT2D eigenvalue weighted by atomic mass is 19.2. The summed E-state index contributed by atoms with van der Waals surface area (Å²) in [5.74, 6) is -1.30. The van der Waals surface area contributed by atoms with Crippen LogP contribution >= 0.6 is 0 Å². The second-order valence-electron chi connectivity index (χ2n) is 5.15. The largest absolute Gasteiger partial charge is 0.388 e. The van der Waals surface area contributed by atoms with E-state index in [4.69, 9.17) is 0 Å². The van der Waals surface area contributed by atoms with Crippen molar-refractivity contribution in [2.24, 2.45) is 0 Å². The van der Waals surface area contributed by atoms with Gasteiger partial charge >= 0.3 is 0 Å². The summed E-state index contributed by atoms with van der Waals surface area (Å²) in [7, 11) is 0. The summed E-state index contributed by atoms with van der Waals surface area (Å²) in [4.78, 5) is 10.2. The lowest BCUT2D eigenvalue weighted by atomic mass is 10.1. The van der Waals surface area contributed by atoms with Gasteiger partial charge in [-0.1, -0.05) is 0 Å². The minimum absolute atomic E-state index is 0.308. The van der Waals surface area contributed by atoms with Crippen LogP contribution in [-0.2, 0) is 0 Å². The number of hydrogen-bond acceptors (Lipinski definition) is 4. The normalized spacial score (nSPS) is 23.3. The second-order valence-corrected chi connectivity index (χ2v) is 5.15. The smallest absolute Gasteiger partial charge is 0.161 e. The molecule has 1 fully saturated rings. The third-order valence-corrected chi connectivity index (χ3v) is 3.35. The number of nitrogens with zero attached hydrogens (tertiary/aromatic N) is 3. The average molecular weight is 265 g/mol. The fourth-order valence-corrected chi connectivity index (χ4v) is 2.29. The number of anilines is 1. The zero-order chi connectivity index (χ0) is 13.6. The van der Waals surface area contributed by atoms with Gasteiger partial charge in [0.25, 0.3) is 0 Å². The number of hydrogen-bond donors (Lipinski definition) is 1. The summed E-state index contributed by atoms with van der Waals surface area (Å²) >= 11 is 0. The number of rotatable bonds is 1. The highest BCUT2D eigenvalue weighted by molar-refractivity contribution is 5.75. The van der Waals surface area contributed by atoms with Gasteiger partial charge < -0.3 is 10.0 Å². The van der Waals surface area contributed by atoms with Crippen LogP contribution in [0.1, 0.15) is 13.3 Å². The summed E-state index contributed by atoms with van der Waals surface area (Å²) in [6, 6.07) is 2.07. The first kappa shape index (κ1) is 12.2. The van der Waals surface area contributed by atoms with Gasteiger partial charge in [-0.15, -0.1) is 0 Å². The van der Waals surface area contributed by atoms with E-state index in [9.17, 15) is 13.9 Å². The predicted octanol–water partition coefficient (Wildman–Crippen LogP) is 1.87. The number of benzene rings is 1. The van der Waals surface area contributed by atoms with E-state index in [-0.39, 0.29) is 0 Å². The Morgan fingerprint density at radius 1 is 1.26 bits per heavy atom. The lowest BCUT2D eigenvalue weighted by Gasteiger charge is -2.19. The van der Waals surface area contributed by atoms with Crippen LogP contribution < -0.4 is 4.90 Å². The molecule has 0 aliphatic carbocycles. The average Bonchev–Trinajstić information content (AvgIpc) is 2.71.